The molecule has 0 saturated carbocycles. The molecule has 1 heteroatoms. The number of hydrogen-bond donors (Lipinski definition) is 0. The van der Waals surface area contributed by atoms with Crippen LogP contribution in [0, 0.1) is 5.92 Å². The van der Waals surface area contributed by atoms with Crippen molar-refractivity contribution in [2.24, 2.45) is 5.92 Å². The van der Waals surface area contributed by atoms with Gasteiger partial charge in [-0.1, -0.05) is 32.3 Å². The normalized spacial score (nSPS) is 24.0. The van der Waals surface area contributed by atoms with Crippen LogP contribution in [0.2, 0.25) is 19.5 Å². The quantitative estimate of drug-likeness (QED) is 0.390. The SMILES string of the molecule is CB1CC(C)C1. The Kier molecular flexibility index (Phi) is 0.907. The van der Waals surface area contributed by atoms with E-state index in [9.17, 15) is 0 Å². The fourth-order valence-corrected chi connectivity index (χ4v) is 1.30. The van der Waals surface area contributed by atoms with Crippen LogP contribution in [0.3, 0.4) is 0 Å². The molecule has 0 atom stereocenters. The van der Waals surface area contributed by atoms with E-state index in [0.29, 0.717) is 0 Å². The molecule has 0 aromatic heterocycles. The second-order valence-corrected chi connectivity index (χ2v) is 2.68. The molecule has 0 amide bonds. The van der Waals surface area contributed by atoms with Gasteiger partial charge in [-0.25, -0.2) is 0 Å². The Bertz CT molecular complexity index is 39.9. The summed E-state index contributed by atoms with van der Waals surface area (Å²) in [6.45, 7) is 5.68. The summed E-state index contributed by atoms with van der Waals surface area (Å²) in [5.41, 5.74) is 0. The lowest BCUT2D eigenvalue weighted by atomic mass is 9.33. The highest BCUT2D eigenvalue weighted by atomic mass is 14.0. The summed E-state index contributed by atoms with van der Waals surface area (Å²) >= 11 is 0. The lowest BCUT2D eigenvalue weighted by molar-refractivity contribution is 0.652. The predicted octanol–water partition coefficient (Wildman–Crippen LogP) is 1.76. The van der Waals surface area contributed by atoms with Gasteiger partial charge in [0.05, 0.1) is 0 Å². The molecule has 0 N–H and O–H groups in total. The molecule has 1 aliphatic heterocycles. The Morgan fingerprint density at radius 2 is 2.00 bits per heavy atom. The topological polar surface area (TPSA) is 0 Å². The highest BCUT2D eigenvalue weighted by Gasteiger charge is 2.23. The fraction of sp³-hybridized carbons (Fsp3) is 1.00. The van der Waals surface area contributed by atoms with Crippen LogP contribution in [0.25, 0.3) is 0 Å². The van der Waals surface area contributed by atoms with Crippen LogP contribution in [0.1, 0.15) is 6.92 Å². The Morgan fingerprint density at radius 1 is 1.50 bits per heavy atom. The zero-order valence-corrected chi connectivity index (χ0v) is 4.57. The van der Waals surface area contributed by atoms with Gasteiger partial charge in [0.15, 0.2) is 0 Å². The summed E-state index contributed by atoms with van der Waals surface area (Å²) in [6, 6.07) is 0. The second kappa shape index (κ2) is 1.29. The van der Waals surface area contributed by atoms with Gasteiger partial charge < -0.3 is 0 Å². The van der Waals surface area contributed by atoms with E-state index in [0.717, 1.165) is 12.6 Å². The van der Waals surface area contributed by atoms with Gasteiger partial charge in [0, 0.05) is 0 Å². The third kappa shape index (κ3) is 0.587. The molecule has 0 unspecified atom stereocenters. The molecule has 0 aliphatic carbocycles. The first kappa shape index (κ1) is 4.23. The molecule has 34 valence electrons. The Balaban J connectivity index is 2.11. The first-order chi connectivity index (χ1) is 2.79. The van der Waals surface area contributed by atoms with Crippen molar-refractivity contribution in [1.29, 1.82) is 0 Å². The summed E-state index contributed by atoms with van der Waals surface area (Å²) in [5.74, 6) is 1.04. The molecule has 1 saturated heterocycles. The van der Waals surface area contributed by atoms with Crippen LogP contribution < -0.4 is 0 Å². The van der Waals surface area contributed by atoms with Gasteiger partial charge in [0.1, 0.15) is 6.71 Å². The van der Waals surface area contributed by atoms with E-state index in [2.05, 4.69) is 13.7 Å². The van der Waals surface area contributed by atoms with Gasteiger partial charge in [-0.15, -0.1) is 0 Å². The van der Waals surface area contributed by atoms with Crippen molar-refractivity contribution in [3.8, 4) is 0 Å². The van der Waals surface area contributed by atoms with E-state index in [4.69, 9.17) is 0 Å². The minimum Gasteiger partial charge on any atom is -0.0861 e. The molecule has 0 radical (unpaired) electrons. The van der Waals surface area contributed by atoms with Crippen LogP contribution in [-0.2, 0) is 0 Å². The van der Waals surface area contributed by atoms with Crippen molar-refractivity contribution in [2.75, 3.05) is 0 Å². The Morgan fingerprint density at radius 3 is 2.00 bits per heavy atom. The van der Waals surface area contributed by atoms with Gasteiger partial charge in [-0.3, -0.25) is 0 Å². The van der Waals surface area contributed by atoms with Gasteiger partial charge in [-0.05, 0) is 0 Å². The number of rotatable bonds is 0. The molecule has 6 heavy (non-hydrogen) atoms. The molecular formula is C5H11B. The molecule has 1 rings (SSSR count). The summed E-state index contributed by atoms with van der Waals surface area (Å²) < 4.78 is 0. The van der Waals surface area contributed by atoms with E-state index in [-0.39, 0.29) is 0 Å². The molecule has 0 aromatic rings. The van der Waals surface area contributed by atoms with Crippen molar-refractivity contribution in [3.63, 3.8) is 0 Å². The first-order valence-electron chi connectivity index (χ1n) is 2.79. The maximum Gasteiger partial charge on any atom is 0.137 e. The summed E-state index contributed by atoms with van der Waals surface area (Å²) in [6.07, 6.45) is 2.94. The monoisotopic (exact) mass is 82.1 g/mol. The maximum atomic E-state index is 2.32. The fourth-order valence-electron chi connectivity index (χ4n) is 1.30. The smallest absolute Gasteiger partial charge is 0.0861 e. The first-order valence-corrected chi connectivity index (χ1v) is 2.79. The molecule has 0 nitrogen and oxygen atoms in total. The summed E-state index contributed by atoms with van der Waals surface area (Å²) in [4.78, 5) is 0. The van der Waals surface area contributed by atoms with Crippen molar-refractivity contribution >= 4 is 6.71 Å². The van der Waals surface area contributed by atoms with Gasteiger partial charge in [0.2, 0.25) is 0 Å². The highest BCUT2D eigenvalue weighted by Crippen LogP contribution is 2.26. The zero-order valence-electron chi connectivity index (χ0n) is 4.57. The van der Waals surface area contributed by atoms with Gasteiger partial charge in [0.25, 0.3) is 0 Å². The minimum atomic E-state index is 1.04. The Hall–Kier alpha value is 0.0649. The largest absolute Gasteiger partial charge is 0.137 e. The molecule has 0 aromatic carbocycles. The Labute approximate surface area is 40.0 Å². The highest BCUT2D eigenvalue weighted by molar-refractivity contribution is 6.60. The van der Waals surface area contributed by atoms with Gasteiger partial charge >= 0.3 is 0 Å². The average molecular weight is 82.0 g/mol. The average Bonchev–Trinajstić information content (AvgIpc) is 1.33. The van der Waals surface area contributed by atoms with E-state index < -0.39 is 0 Å². The van der Waals surface area contributed by atoms with E-state index >= 15 is 0 Å². The van der Waals surface area contributed by atoms with Crippen LogP contribution in [0.15, 0.2) is 0 Å². The molecular weight excluding hydrogens is 70.9 g/mol. The predicted molar refractivity (Wildman–Crippen MR) is 30.4 cm³/mol. The number of hydrogen-bond acceptors (Lipinski definition) is 0. The summed E-state index contributed by atoms with van der Waals surface area (Å²) in [5, 5.41) is 0. The van der Waals surface area contributed by atoms with Gasteiger partial charge in [-0.2, -0.15) is 0 Å². The van der Waals surface area contributed by atoms with Crippen LogP contribution in [0.4, 0.5) is 0 Å². The molecule has 0 bridgehead atoms. The minimum absolute atomic E-state index is 1.04. The molecule has 0 spiro atoms. The van der Waals surface area contributed by atoms with Crippen molar-refractivity contribution in [2.45, 2.75) is 26.4 Å². The van der Waals surface area contributed by atoms with E-state index in [1.807, 2.05) is 0 Å². The maximum absolute atomic E-state index is 2.32. The summed E-state index contributed by atoms with van der Waals surface area (Å²) in [7, 11) is 0. The van der Waals surface area contributed by atoms with Crippen molar-refractivity contribution in [3.05, 3.63) is 0 Å². The van der Waals surface area contributed by atoms with Crippen molar-refractivity contribution < 1.29 is 0 Å². The molecule has 1 fully saturated rings. The van der Waals surface area contributed by atoms with E-state index in [1.165, 1.54) is 12.6 Å². The van der Waals surface area contributed by atoms with E-state index in [1.54, 1.807) is 0 Å². The second-order valence-electron chi connectivity index (χ2n) is 2.68. The standard InChI is InChI=1S/C5H11B/c1-5-3-6(2)4-5/h5H,3-4H2,1-2H3. The lowest BCUT2D eigenvalue weighted by Gasteiger charge is -2.25. The zero-order chi connectivity index (χ0) is 4.57. The van der Waals surface area contributed by atoms with Crippen molar-refractivity contribution in [1.82, 2.24) is 0 Å². The van der Waals surface area contributed by atoms with Crippen LogP contribution in [-0.4, -0.2) is 6.71 Å². The lowest BCUT2D eigenvalue weighted by Crippen LogP contribution is -2.25. The molecule has 1 heterocycles. The third-order valence-corrected chi connectivity index (χ3v) is 1.61. The molecule has 1 aliphatic rings. The van der Waals surface area contributed by atoms with Crippen LogP contribution in [0.5, 0.6) is 0 Å². The third-order valence-electron chi connectivity index (χ3n) is 1.61. The van der Waals surface area contributed by atoms with Crippen LogP contribution >= 0.6 is 0 Å².